The molecule has 5 heteroatoms. The fraction of sp³-hybridized carbons (Fsp3) is 1.00. The molecule has 0 fully saturated rings. The molecule has 0 aliphatic rings. The van der Waals surface area contributed by atoms with Crippen molar-refractivity contribution in [1.82, 2.24) is 0 Å². The highest BCUT2D eigenvalue weighted by molar-refractivity contribution is 6.76. The topological polar surface area (TPSA) is 66.5 Å². The maximum Gasteiger partial charge on any atom is 0.0633 e. The summed E-state index contributed by atoms with van der Waals surface area (Å²) in [6.07, 6.45) is 12.4. The van der Waals surface area contributed by atoms with Gasteiger partial charge in [-0.05, 0) is 6.42 Å². The van der Waals surface area contributed by atoms with Crippen LogP contribution in [0.2, 0.25) is 25.7 Å². The highest BCUT2D eigenvalue weighted by Crippen LogP contribution is 2.17. The summed E-state index contributed by atoms with van der Waals surface area (Å²) >= 11 is 0. The van der Waals surface area contributed by atoms with Gasteiger partial charge < -0.3 is 15.9 Å². The van der Waals surface area contributed by atoms with Crippen molar-refractivity contribution >= 4 is 20.5 Å². The van der Waals surface area contributed by atoms with Crippen LogP contribution in [0, 0.1) is 0 Å². The van der Waals surface area contributed by atoms with Crippen molar-refractivity contribution in [1.29, 1.82) is 0 Å². The summed E-state index contributed by atoms with van der Waals surface area (Å²) in [5.41, 5.74) is 5.07. The summed E-state index contributed by atoms with van der Waals surface area (Å²) in [5.74, 6) is 0. The van der Waals surface area contributed by atoms with E-state index in [1.54, 1.807) is 0 Å². The molecule has 0 amide bonds. The Bertz CT molecular complexity index is 243. The zero-order valence-corrected chi connectivity index (χ0v) is 16.9. The van der Waals surface area contributed by atoms with Crippen LogP contribution in [-0.4, -0.2) is 37.0 Å². The molecule has 0 atom stereocenters. The highest BCUT2D eigenvalue weighted by Gasteiger charge is 2.21. The summed E-state index contributed by atoms with van der Waals surface area (Å²) in [5, 5.41) is 18.2. The third kappa shape index (κ3) is 15.3. The Morgan fingerprint density at radius 3 is 1.45 bits per heavy atom. The number of nitrogens with two attached hydrogens (primary N) is 1. The van der Waals surface area contributed by atoms with Crippen molar-refractivity contribution in [2.75, 3.05) is 13.2 Å². The van der Waals surface area contributed by atoms with E-state index in [-0.39, 0.29) is 25.6 Å². The maximum absolute atomic E-state index is 9.10. The Balaban J connectivity index is 0. The van der Waals surface area contributed by atoms with Gasteiger partial charge in [-0.2, -0.15) is 0 Å². The SMILES string of the molecule is C[Si](C)(C)CCCCCCCCCCCC(N)(CO)CO.Cl. The molecule has 0 saturated carbocycles. The van der Waals surface area contributed by atoms with Crippen molar-refractivity contribution in [3.8, 4) is 0 Å². The molecule has 0 rings (SSSR count). The first-order valence-electron chi connectivity index (χ1n) is 8.84. The lowest BCUT2D eigenvalue weighted by Gasteiger charge is -2.24. The molecule has 0 aromatic rings. The Labute approximate surface area is 145 Å². The Morgan fingerprint density at radius 2 is 1.09 bits per heavy atom. The predicted molar refractivity (Wildman–Crippen MR) is 103 cm³/mol. The smallest absolute Gasteiger partial charge is 0.0633 e. The molecule has 0 radical (unpaired) electrons. The van der Waals surface area contributed by atoms with E-state index < -0.39 is 13.6 Å². The summed E-state index contributed by atoms with van der Waals surface area (Å²) in [4.78, 5) is 0. The summed E-state index contributed by atoms with van der Waals surface area (Å²) in [6, 6.07) is 1.48. The zero-order chi connectivity index (χ0) is 16.2. The number of hydrogen-bond acceptors (Lipinski definition) is 3. The van der Waals surface area contributed by atoms with Crippen LogP contribution in [0.15, 0.2) is 0 Å². The number of hydrogen-bond donors (Lipinski definition) is 3. The molecule has 136 valence electrons. The lowest BCUT2D eigenvalue weighted by Crippen LogP contribution is -2.47. The van der Waals surface area contributed by atoms with Crippen LogP contribution in [0.3, 0.4) is 0 Å². The van der Waals surface area contributed by atoms with Crippen molar-refractivity contribution in [2.45, 2.75) is 95.4 Å². The van der Waals surface area contributed by atoms with Crippen LogP contribution in [-0.2, 0) is 0 Å². The molecule has 3 nitrogen and oxygen atoms in total. The first-order chi connectivity index (χ1) is 9.83. The van der Waals surface area contributed by atoms with E-state index in [0.29, 0.717) is 0 Å². The van der Waals surface area contributed by atoms with Crippen molar-refractivity contribution in [3.05, 3.63) is 0 Å². The fourth-order valence-corrected chi connectivity index (χ4v) is 3.89. The molecule has 22 heavy (non-hydrogen) atoms. The summed E-state index contributed by atoms with van der Waals surface area (Å²) in [6.45, 7) is 7.12. The molecule has 0 aliphatic carbocycles. The van der Waals surface area contributed by atoms with Gasteiger partial charge in [-0.3, -0.25) is 0 Å². The summed E-state index contributed by atoms with van der Waals surface area (Å²) in [7, 11) is -0.815. The van der Waals surface area contributed by atoms with Crippen molar-refractivity contribution in [3.63, 3.8) is 0 Å². The quantitative estimate of drug-likeness (QED) is 0.321. The molecule has 0 bridgehead atoms. The Hall–Kier alpha value is 0.387. The molecule has 4 N–H and O–H groups in total. The maximum atomic E-state index is 9.10. The third-order valence-corrected chi connectivity index (χ3v) is 6.08. The van der Waals surface area contributed by atoms with Gasteiger partial charge in [0.15, 0.2) is 0 Å². The van der Waals surface area contributed by atoms with E-state index in [0.717, 1.165) is 19.3 Å². The number of aliphatic hydroxyl groups excluding tert-OH is 2. The average molecular weight is 354 g/mol. The normalized spacial score (nSPS) is 12.3. The second kappa shape index (κ2) is 13.8. The first kappa shape index (κ1) is 24.6. The molecular weight excluding hydrogens is 314 g/mol. The average Bonchev–Trinajstić information content (AvgIpc) is 2.43. The summed E-state index contributed by atoms with van der Waals surface area (Å²) < 4.78 is 0. The minimum atomic E-state index is -0.815. The molecule has 0 heterocycles. The third-order valence-electron chi connectivity index (χ3n) is 4.23. The van der Waals surface area contributed by atoms with E-state index in [1.165, 1.54) is 51.0 Å². The largest absolute Gasteiger partial charge is 0.394 e. The van der Waals surface area contributed by atoms with E-state index in [9.17, 15) is 0 Å². The van der Waals surface area contributed by atoms with Gasteiger partial charge in [0.1, 0.15) is 0 Å². The van der Waals surface area contributed by atoms with Crippen LogP contribution in [0.1, 0.15) is 64.2 Å². The number of unbranched alkanes of at least 4 members (excludes halogenated alkanes) is 8. The van der Waals surface area contributed by atoms with Crippen LogP contribution < -0.4 is 5.73 Å². The van der Waals surface area contributed by atoms with Crippen LogP contribution in [0.5, 0.6) is 0 Å². The van der Waals surface area contributed by atoms with E-state index in [2.05, 4.69) is 19.6 Å². The highest BCUT2D eigenvalue weighted by atomic mass is 35.5. The van der Waals surface area contributed by atoms with Crippen molar-refractivity contribution in [2.24, 2.45) is 5.73 Å². The van der Waals surface area contributed by atoms with Crippen LogP contribution in [0.25, 0.3) is 0 Å². The molecular formula is C17H40ClNO2Si. The second-order valence-corrected chi connectivity index (χ2v) is 13.5. The number of rotatable bonds is 14. The van der Waals surface area contributed by atoms with Crippen molar-refractivity contribution < 1.29 is 10.2 Å². The fourth-order valence-electron chi connectivity index (χ4n) is 2.58. The van der Waals surface area contributed by atoms with Crippen LogP contribution in [0.4, 0.5) is 0 Å². The van der Waals surface area contributed by atoms with Gasteiger partial charge in [-0.1, -0.05) is 83.5 Å². The van der Waals surface area contributed by atoms with Gasteiger partial charge in [-0.15, -0.1) is 12.4 Å². The predicted octanol–water partition coefficient (Wildman–Crippen LogP) is 4.33. The molecule has 0 aromatic heterocycles. The monoisotopic (exact) mass is 353 g/mol. The number of halogens is 1. The van der Waals surface area contributed by atoms with Gasteiger partial charge >= 0.3 is 0 Å². The lowest BCUT2D eigenvalue weighted by molar-refractivity contribution is 0.112. The number of aliphatic hydroxyl groups is 2. The molecule has 0 unspecified atom stereocenters. The van der Waals surface area contributed by atoms with Gasteiger partial charge in [-0.25, -0.2) is 0 Å². The van der Waals surface area contributed by atoms with Gasteiger partial charge in [0.2, 0.25) is 0 Å². The Morgan fingerprint density at radius 1 is 0.727 bits per heavy atom. The standard InChI is InChI=1S/C17H39NO2Si.ClH/c1-21(2,3)14-12-10-8-6-4-5-7-9-11-13-17(18,15-19)16-20;/h19-20H,4-16,18H2,1-3H3;1H. The van der Waals surface area contributed by atoms with Gasteiger partial charge in [0.25, 0.3) is 0 Å². The second-order valence-electron chi connectivity index (χ2n) is 7.92. The lowest BCUT2D eigenvalue weighted by atomic mass is 9.94. The molecule has 0 aromatic carbocycles. The van der Waals surface area contributed by atoms with Crippen LogP contribution >= 0.6 is 12.4 Å². The molecule has 0 spiro atoms. The van der Waals surface area contributed by atoms with Gasteiger partial charge in [0, 0.05) is 8.07 Å². The molecule has 0 aliphatic heterocycles. The van der Waals surface area contributed by atoms with E-state index in [1.807, 2.05) is 0 Å². The minimum Gasteiger partial charge on any atom is -0.394 e. The van der Waals surface area contributed by atoms with Gasteiger partial charge in [0.05, 0.1) is 18.8 Å². The first-order valence-corrected chi connectivity index (χ1v) is 12.5. The zero-order valence-electron chi connectivity index (χ0n) is 15.1. The Kier molecular flexibility index (Phi) is 15.4. The molecule has 0 saturated heterocycles. The minimum absolute atomic E-state index is 0. The van der Waals surface area contributed by atoms with E-state index >= 15 is 0 Å². The van der Waals surface area contributed by atoms with E-state index in [4.69, 9.17) is 15.9 Å².